The third-order valence-electron chi connectivity index (χ3n) is 4.38. The molecule has 7 nitrogen and oxygen atoms in total. The molecule has 0 bridgehead atoms. The van der Waals surface area contributed by atoms with Crippen LogP contribution in [-0.4, -0.2) is 25.0 Å². The zero-order valence-corrected chi connectivity index (χ0v) is 18.6. The highest BCUT2D eigenvalue weighted by Gasteiger charge is 2.26. The highest BCUT2D eigenvalue weighted by atomic mass is 35.5. The lowest BCUT2D eigenvalue weighted by Gasteiger charge is -2.19. The van der Waals surface area contributed by atoms with Crippen LogP contribution >= 0.6 is 34.8 Å². The summed E-state index contributed by atoms with van der Waals surface area (Å²) in [6.07, 6.45) is 6.08. The molecule has 4 aromatic heterocycles. The van der Waals surface area contributed by atoms with Gasteiger partial charge in [-0.2, -0.15) is 0 Å². The molecule has 0 aromatic carbocycles. The average molecular weight is 490 g/mol. The first-order valence-electron chi connectivity index (χ1n) is 9.31. The van der Waals surface area contributed by atoms with E-state index in [1.165, 1.54) is 18.6 Å². The van der Waals surface area contributed by atoms with E-state index >= 15 is 0 Å². The van der Waals surface area contributed by atoms with E-state index in [0.717, 1.165) is 0 Å². The fourth-order valence-electron chi connectivity index (χ4n) is 2.88. The third-order valence-corrected chi connectivity index (χ3v) is 5.37. The number of halogens is 3. The molecule has 0 aliphatic heterocycles. The molecule has 0 amide bonds. The number of aliphatic hydroxyl groups excluding tert-OH is 1. The Hall–Kier alpha value is -2.97. The van der Waals surface area contributed by atoms with E-state index < -0.39 is 6.10 Å². The van der Waals surface area contributed by atoms with Crippen molar-refractivity contribution in [1.29, 1.82) is 0 Å². The van der Waals surface area contributed by atoms with Gasteiger partial charge < -0.3 is 14.6 Å². The van der Waals surface area contributed by atoms with Crippen molar-refractivity contribution in [1.82, 2.24) is 19.9 Å². The Morgan fingerprint density at radius 3 is 2.09 bits per heavy atom. The maximum atomic E-state index is 11.2. The number of aromatic nitrogens is 4. The van der Waals surface area contributed by atoms with Gasteiger partial charge in [0.15, 0.2) is 11.5 Å². The molecule has 1 atom stereocenters. The van der Waals surface area contributed by atoms with Crippen molar-refractivity contribution in [3.8, 4) is 23.3 Å². The summed E-state index contributed by atoms with van der Waals surface area (Å²) in [4.78, 5) is 16.6. The first kappa shape index (κ1) is 22.2. The van der Waals surface area contributed by atoms with Crippen LogP contribution in [0, 0.1) is 0 Å². The second kappa shape index (κ2) is 10.1. The molecule has 0 aliphatic rings. The number of pyridine rings is 4. The van der Waals surface area contributed by atoms with E-state index in [0.29, 0.717) is 23.1 Å². The predicted molar refractivity (Wildman–Crippen MR) is 121 cm³/mol. The summed E-state index contributed by atoms with van der Waals surface area (Å²) in [6.45, 7) is 0. The van der Waals surface area contributed by atoms with E-state index in [4.69, 9.17) is 44.3 Å². The molecule has 0 fully saturated rings. The zero-order valence-electron chi connectivity index (χ0n) is 16.3. The number of alkyl halides is 1. The highest BCUT2D eigenvalue weighted by Crippen LogP contribution is 2.41. The molecule has 1 N–H and O–H groups in total. The standard InChI is InChI=1S/C22H15Cl3N4O3/c23-9-13-15(31-17-5-1-3-7-27-17)12-29-21(20(13)25)22(30)19-14(24)10-26-11-16(19)32-18-6-2-4-8-28-18/h1-8,10-12,22,30H,9H2. The van der Waals surface area contributed by atoms with Crippen molar-refractivity contribution >= 4 is 34.8 Å². The minimum atomic E-state index is -1.33. The lowest BCUT2D eigenvalue weighted by atomic mass is 10.0. The van der Waals surface area contributed by atoms with E-state index in [9.17, 15) is 5.11 Å². The first-order valence-corrected chi connectivity index (χ1v) is 10.6. The van der Waals surface area contributed by atoms with Crippen LogP contribution in [0.1, 0.15) is 22.9 Å². The molecule has 4 rings (SSSR count). The fraction of sp³-hybridized carbons (Fsp3) is 0.0909. The number of nitrogens with zero attached hydrogens (tertiary/aromatic N) is 4. The molecule has 0 aliphatic carbocycles. The van der Waals surface area contributed by atoms with Crippen LogP contribution in [0.4, 0.5) is 0 Å². The Morgan fingerprint density at radius 1 is 0.844 bits per heavy atom. The van der Waals surface area contributed by atoms with Crippen LogP contribution in [0.5, 0.6) is 23.3 Å². The minimum Gasteiger partial charge on any atom is -0.437 e. The third kappa shape index (κ3) is 4.76. The molecular weight excluding hydrogens is 475 g/mol. The van der Waals surface area contributed by atoms with Gasteiger partial charge in [-0.05, 0) is 12.1 Å². The largest absolute Gasteiger partial charge is 0.437 e. The van der Waals surface area contributed by atoms with Crippen LogP contribution in [0.25, 0.3) is 0 Å². The summed E-state index contributed by atoms with van der Waals surface area (Å²) in [5.74, 6) is 1.22. The van der Waals surface area contributed by atoms with Crippen molar-refractivity contribution in [2.24, 2.45) is 0 Å². The van der Waals surface area contributed by atoms with Crippen LogP contribution in [0.3, 0.4) is 0 Å². The lowest BCUT2D eigenvalue weighted by molar-refractivity contribution is 0.211. The molecular formula is C22H15Cl3N4O3. The summed E-state index contributed by atoms with van der Waals surface area (Å²) >= 11 is 19.1. The molecule has 0 radical (unpaired) electrons. The number of rotatable bonds is 7. The zero-order chi connectivity index (χ0) is 22.5. The van der Waals surface area contributed by atoms with Gasteiger partial charge in [0, 0.05) is 36.3 Å². The summed E-state index contributed by atoms with van der Waals surface area (Å²) in [5, 5.41) is 11.5. The first-order chi connectivity index (χ1) is 15.6. The number of aliphatic hydroxyl groups is 1. The topological polar surface area (TPSA) is 90.3 Å². The van der Waals surface area contributed by atoms with Gasteiger partial charge in [-0.1, -0.05) is 35.3 Å². The minimum absolute atomic E-state index is 0.0185. The lowest BCUT2D eigenvalue weighted by Crippen LogP contribution is -2.08. The Kier molecular flexibility index (Phi) is 7.02. The molecule has 1 unspecified atom stereocenters. The number of ether oxygens (including phenoxy) is 2. The second-order valence-corrected chi connectivity index (χ2v) is 7.46. The van der Waals surface area contributed by atoms with Crippen LogP contribution in [0.2, 0.25) is 10.0 Å². The van der Waals surface area contributed by atoms with Crippen LogP contribution < -0.4 is 9.47 Å². The van der Waals surface area contributed by atoms with Crippen molar-refractivity contribution in [2.45, 2.75) is 12.0 Å². The summed E-state index contributed by atoms with van der Waals surface area (Å²) < 4.78 is 11.5. The summed E-state index contributed by atoms with van der Waals surface area (Å²) in [6, 6.07) is 10.4. The molecule has 4 heterocycles. The molecule has 4 aromatic rings. The van der Waals surface area contributed by atoms with Crippen molar-refractivity contribution in [2.75, 3.05) is 0 Å². The van der Waals surface area contributed by atoms with Gasteiger partial charge in [-0.3, -0.25) is 9.97 Å². The van der Waals surface area contributed by atoms with Gasteiger partial charge in [-0.25, -0.2) is 9.97 Å². The van der Waals surface area contributed by atoms with Gasteiger partial charge in [-0.15, -0.1) is 11.6 Å². The Labute approximate surface area is 198 Å². The van der Waals surface area contributed by atoms with E-state index in [2.05, 4.69) is 19.9 Å². The quantitative estimate of drug-likeness (QED) is 0.319. The molecule has 10 heteroatoms. The van der Waals surface area contributed by atoms with Gasteiger partial charge in [0.05, 0.1) is 39.6 Å². The molecule has 162 valence electrons. The monoisotopic (exact) mass is 488 g/mol. The summed E-state index contributed by atoms with van der Waals surface area (Å²) in [5.41, 5.74) is 0.815. The fourth-order valence-corrected chi connectivity index (χ4v) is 3.78. The molecule has 0 spiro atoms. The Balaban J connectivity index is 1.71. The van der Waals surface area contributed by atoms with Crippen molar-refractivity contribution in [3.63, 3.8) is 0 Å². The van der Waals surface area contributed by atoms with Crippen LogP contribution in [-0.2, 0) is 5.88 Å². The van der Waals surface area contributed by atoms with Crippen molar-refractivity contribution in [3.05, 3.63) is 94.2 Å². The number of hydrogen-bond donors (Lipinski definition) is 1. The highest BCUT2D eigenvalue weighted by molar-refractivity contribution is 6.33. The van der Waals surface area contributed by atoms with Gasteiger partial charge in [0.25, 0.3) is 0 Å². The Morgan fingerprint density at radius 2 is 1.50 bits per heavy atom. The maximum absolute atomic E-state index is 11.2. The van der Waals surface area contributed by atoms with Gasteiger partial charge in [0.1, 0.15) is 6.10 Å². The molecule has 32 heavy (non-hydrogen) atoms. The van der Waals surface area contributed by atoms with Gasteiger partial charge >= 0.3 is 0 Å². The smallest absolute Gasteiger partial charge is 0.219 e. The molecule has 0 saturated carbocycles. The molecule has 0 saturated heterocycles. The summed E-state index contributed by atoms with van der Waals surface area (Å²) in [7, 11) is 0. The van der Waals surface area contributed by atoms with E-state index in [1.807, 2.05) is 0 Å². The maximum Gasteiger partial charge on any atom is 0.219 e. The van der Waals surface area contributed by atoms with E-state index in [1.54, 1.807) is 48.8 Å². The van der Waals surface area contributed by atoms with Crippen molar-refractivity contribution < 1.29 is 14.6 Å². The second-order valence-electron chi connectivity index (χ2n) is 6.41. The number of hydrogen-bond acceptors (Lipinski definition) is 7. The van der Waals surface area contributed by atoms with Crippen LogP contribution in [0.15, 0.2) is 67.4 Å². The van der Waals surface area contributed by atoms with E-state index in [-0.39, 0.29) is 32.9 Å². The predicted octanol–water partition coefficient (Wildman–Crippen LogP) is 5.98. The van der Waals surface area contributed by atoms with Gasteiger partial charge in [0.2, 0.25) is 11.8 Å². The SMILES string of the molecule is OC(c1ncc(Oc2ccccn2)c(CCl)c1Cl)c1c(Cl)cncc1Oc1ccccn1. The average Bonchev–Trinajstić information content (AvgIpc) is 2.80. The normalized spacial score (nSPS) is 11.8. The Bertz CT molecular complexity index is 1210.